The largest absolute Gasteiger partial charge is 0.483 e. The first-order chi connectivity index (χ1) is 7.89. The average Bonchev–Trinajstić information content (AvgIpc) is 2.53. The van der Waals surface area contributed by atoms with E-state index in [1.165, 1.54) is 0 Å². The predicted octanol–water partition coefficient (Wildman–Crippen LogP) is 2.89. The van der Waals surface area contributed by atoms with Gasteiger partial charge in [0.05, 0.1) is 0 Å². The molecule has 0 bridgehead atoms. The number of amides is 1. The molecular formula is C11H13NO3S2. The van der Waals surface area contributed by atoms with E-state index in [2.05, 4.69) is 25.6 Å². The molecule has 6 heteroatoms. The molecule has 0 aliphatic carbocycles. The Labute approximate surface area is 111 Å². The van der Waals surface area contributed by atoms with E-state index < -0.39 is 6.09 Å². The number of para-hydroxylation sites is 1. The van der Waals surface area contributed by atoms with Crippen molar-refractivity contribution in [2.24, 2.45) is 0 Å². The molecule has 1 aliphatic heterocycles. The molecule has 0 N–H and O–H groups in total. The molecule has 1 aromatic carbocycles. The zero-order valence-corrected chi connectivity index (χ0v) is 11.3. The summed E-state index contributed by atoms with van der Waals surface area (Å²) in [7, 11) is 0. The highest BCUT2D eigenvalue weighted by Gasteiger charge is 2.32. The van der Waals surface area contributed by atoms with Gasteiger partial charge >= 0.3 is 6.09 Å². The minimum atomic E-state index is -0.668. The summed E-state index contributed by atoms with van der Waals surface area (Å²) in [5.74, 6) is 1.01. The van der Waals surface area contributed by atoms with Crippen LogP contribution in [0.1, 0.15) is 19.4 Å². The maximum Gasteiger partial charge on any atom is 0.435 e. The third kappa shape index (κ3) is 2.63. The fourth-order valence-corrected chi connectivity index (χ4v) is 1.88. The molecule has 1 heterocycles. The monoisotopic (exact) mass is 271 g/mol. The van der Waals surface area contributed by atoms with Crippen molar-refractivity contribution in [1.82, 2.24) is 3.71 Å². The summed E-state index contributed by atoms with van der Waals surface area (Å²) >= 11 is 7.49. The number of thiol groups is 2. The second-order valence-corrected chi connectivity index (χ2v) is 5.56. The maximum atomic E-state index is 11.4. The Morgan fingerprint density at radius 1 is 1.47 bits per heavy atom. The van der Waals surface area contributed by atoms with Gasteiger partial charge in [0, 0.05) is 12.0 Å². The van der Waals surface area contributed by atoms with Crippen molar-refractivity contribution in [1.29, 1.82) is 0 Å². The second kappa shape index (κ2) is 4.34. The summed E-state index contributed by atoms with van der Waals surface area (Å²) in [5, 5.41) is 0. The van der Waals surface area contributed by atoms with E-state index in [0.29, 0.717) is 11.5 Å². The van der Waals surface area contributed by atoms with Gasteiger partial charge in [0.15, 0.2) is 11.5 Å². The molecule has 92 valence electrons. The highest BCUT2D eigenvalue weighted by molar-refractivity contribution is 7.94. The lowest BCUT2D eigenvalue weighted by Crippen LogP contribution is -2.25. The first-order valence-corrected chi connectivity index (χ1v) is 5.90. The Morgan fingerprint density at radius 3 is 2.82 bits per heavy atom. The van der Waals surface area contributed by atoms with Crippen LogP contribution in [0.15, 0.2) is 18.2 Å². The van der Waals surface area contributed by atoms with Crippen LogP contribution >= 0.6 is 25.6 Å². The summed E-state index contributed by atoms with van der Waals surface area (Å²) in [5.41, 5.74) is 0.761. The number of hydrogen-bond donors (Lipinski definition) is 2. The molecular weight excluding hydrogens is 258 g/mol. The molecule has 0 spiro atoms. The molecule has 0 fully saturated rings. The van der Waals surface area contributed by atoms with E-state index >= 15 is 0 Å². The third-order valence-corrected chi connectivity index (χ3v) is 2.74. The van der Waals surface area contributed by atoms with Crippen LogP contribution in [0, 0.1) is 0 Å². The van der Waals surface area contributed by atoms with Gasteiger partial charge in [0.25, 0.3) is 0 Å². The number of carbonyl (C=O) groups is 1. The van der Waals surface area contributed by atoms with Crippen LogP contribution in [0.5, 0.6) is 11.5 Å². The van der Waals surface area contributed by atoms with E-state index in [-0.39, 0.29) is 5.60 Å². The van der Waals surface area contributed by atoms with E-state index in [0.717, 1.165) is 15.7 Å². The van der Waals surface area contributed by atoms with Crippen LogP contribution in [0.25, 0.3) is 0 Å². The number of ether oxygens (including phenoxy) is 2. The minimum Gasteiger partial charge on any atom is -0.483 e. The van der Waals surface area contributed by atoms with Gasteiger partial charge in [-0.15, -0.1) is 0 Å². The van der Waals surface area contributed by atoms with Crippen molar-refractivity contribution in [3.05, 3.63) is 23.8 Å². The molecule has 2 rings (SSSR count). The van der Waals surface area contributed by atoms with Crippen molar-refractivity contribution in [3.63, 3.8) is 0 Å². The second-order valence-electron chi connectivity index (χ2n) is 4.44. The normalized spacial score (nSPS) is 16.0. The predicted molar refractivity (Wildman–Crippen MR) is 70.7 cm³/mol. The first kappa shape index (κ1) is 12.4. The first-order valence-electron chi connectivity index (χ1n) is 5.10. The van der Waals surface area contributed by atoms with E-state index in [1.54, 1.807) is 6.07 Å². The van der Waals surface area contributed by atoms with Crippen LogP contribution < -0.4 is 9.47 Å². The van der Waals surface area contributed by atoms with Crippen LogP contribution in [0.4, 0.5) is 4.79 Å². The number of carbonyl (C=O) groups excluding carboxylic acids is 1. The van der Waals surface area contributed by atoms with E-state index in [9.17, 15) is 4.79 Å². The van der Waals surface area contributed by atoms with Crippen LogP contribution in [0.2, 0.25) is 0 Å². The highest BCUT2D eigenvalue weighted by Crippen LogP contribution is 2.41. The van der Waals surface area contributed by atoms with Gasteiger partial charge in [-0.1, -0.05) is 12.1 Å². The lowest BCUT2D eigenvalue weighted by molar-refractivity contribution is 0.132. The van der Waals surface area contributed by atoms with Crippen molar-refractivity contribution in [3.8, 4) is 11.5 Å². The SMILES string of the molecule is CC1(C)Cc2cccc(OC(=O)N(S)S)c2O1. The fourth-order valence-electron chi connectivity index (χ4n) is 1.80. The highest BCUT2D eigenvalue weighted by atomic mass is 32.2. The van der Waals surface area contributed by atoms with Gasteiger partial charge in [-0.05, 0) is 45.5 Å². The zero-order valence-electron chi connectivity index (χ0n) is 9.51. The van der Waals surface area contributed by atoms with Crippen molar-refractivity contribution in [2.45, 2.75) is 25.9 Å². The van der Waals surface area contributed by atoms with Crippen molar-refractivity contribution in [2.75, 3.05) is 0 Å². The van der Waals surface area contributed by atoms with Gasteiger partial charge in [-0.3, -0.25) is 0 Å². The van der Waals surface area contributed by atoms with Crippen LogP contribution in [-0.4, -0.2) is 15.4 Å². The van der Waals surface area contributed by atoms with Crippen LogP contribution in [0.3, 0.4) is 0 Å². The quantitative estimate of drug-likeness (QED) is 0.771. The van der Waals surface area contributed by atoms with Crippen molar-refractivity contribution >= 4 is 31.7 Å². The topological polar surface area (TPSA) is 38.8 Å². The smallest absolute Gasteiger partial charge is 0.435 e. The molecule has 1 amide bonds. The van der Waals surface area contributed by atoms with Gasteiger partial charge < -0.3 is 9.47 Å². The summed E-state index contributed by atoms with van der Waals surface area (Å²) in [4.78, 5) is 11.4. The molecule has 0 saturated carbocycles. The average molecular weight is 271 g/mol. The number of rotatable bonds is 1. The standard InChI is InChI=1S/C11H13NO3S2/c1-11(2)6-7-4-3-5-8(9(7)15-11)14-10(13)12(16)17/h3-5,16-17H,6H2,1-2H3. The molecule has 17 heavy (non-hydrogen) atoms. The molecule has 1 aromatic rings. The lowest BCUT2D eigenvalue weighted by Gasteiger charge is -2.18. The van der Waals surface area contributed by atoms with Gasteiger partial charge in [-0.25, -0.2) is 4.79 Å². The van der Waals surface area contributed by atoms with Crippen LogP contribution in [-0.2, 0) is 6.42 Å². The summed E-state index contributed by atoms with van der Waals surface area (Å²) in [6.07, 6.45) is 0.123. The summed E-state index contributed by atoms with van der Waals surface area (Å²) < 4.78 is 11.7. The Kier molecular flexibility index (Phi) is 3.18. The molecule has 0 unspecified atom stereocenters. The van der Waals surface area contributed by atoms with Gasteiger partial charge in [0.1, 0.15) is 5.60 Å². The third-order valence-electron chi connectivity index (χ3n) is 2.42. The van der Waals surface area contributed by atoms with Gasteiger partial charge in [-0.2, -0.15) is 3.71 Å². The Morgan fingerprint density at radius 2 is 2.18 bits per heavy atom. The number of benzene rings is 1. The number of fused-ring (bicyclic) bond motifs is 1. The number of nitrogens with zero attached hydrogens (tertiary/aromatic N) is 1. The lowest BCUT2D eigenvalue weighted by atomic mass is 10.0. The minimum absolute atomic E-state index is 0.271. The number of hydrogen-bond acceptors (Lipinski definition) is 5. The summed E-state index contributed by atoms with van der Waals surface area (Å²) in [6.45, 7) is 3.98. The zero-order chi connectivity index (χ0) is 12.6. The van der Waals surface area contributed by atoms with E-state index in [1.807, 2.05) is 26.0 Å². The Balaban J connectivity index is 2.27. The Hall–Kier alpha value is -1.01. The molecule has 0 atom stereocenters. The molecule has 0 saturated heterocycles. The van der Waals surface area contributed by atoms with E-state index in [4.69, 9.17) is 9.47 Å². The summed E-state index contributed by atoms with van der Waals surface area (Å²) in [6, 6.07) is 5.47. The maximum absolute atomic E-state index is 11.4. The van der Waals surface area contributed by atoms with Crippen molar-refractivity contribution < 1.29 is 14.3 Å². The molecule has 1 aliphatic rings. The fraction of sp³-hybridized carbons (Fsp3) is 0.364. The van der Waals surface area contributed by atoms with Gasteiger partial charge in [0.2, 0.25) is 0 Å². The Bertz CT molecular complexity index is 460. The molecule has 0 aromatic heterocycles. The molecule has 4 nitrogen and oxygen atoms in total. The molecule has 0 radical (unpaired) electrons.